The van der Waals surface area contributed by atoms with Gasteiger partial charge in [0.2, 0.25) is 0 Å². The predicted octanol–water partition coefficient (Wildman–Crippen LogP) is 4.10. The van der Waals surface area contributed by atoms with E-state index in [0.717, 1.165) is 0 Å². The standard InChI is InChI=1S/C18H12Cl2N4O3/c19-9-5-10(16(22)12(20)6-9)18(26)27-8-15(25)11(7-21)17-23-13-3-1-2-4-14(13)24-17/h1-6,25H,8,22H2,(H,23,24)/b15-11-. The molecule has 1 aromatic heterocycles. The van der Waals surface area contributed by atoms with Crippen LogP contribution in [0.5, 0.6) is 0 Å². The van der Waals surface area contributed by atoms with E-state index in [4.69, 9.17) is 33.7 Å². The third-order valence-electron chi connectivity index (χ3n) is 3.68. The molecule has 0 aliphatic carbocycles. The highest BCUT2D eigenvalue weighted by atomic mass is 35.5. The third kappa shape index (κ3) is 3.82. The highest BCUT2D eigenvalue weighted by Gasteiger charge is 2.18. The smallest absolute Gasteiger partial charge is 0.340 e. The van der Waals surface area contributed by atoms with Gasteiger partial charge in [-0.15, -0.1) is 0 Å². The average Bonchev–Trinajstić information content (AvgIpc) is 3.06. The molecule has 0 atom stereocenters. The zero-order valence-electron chi connectivity index (χ0n) is 13.7. The van der Waals surface area contributed by atoms with Gasteiger partial charge < -0.3 is 20.6 Å². The van der Waals surface area contributed by atoms with E-state index < -0.39 is 18.3 Å². The second-order valence-corrected chi connectivity index (χ2v) is 6.30. The number of anilines is 1. The van der Waals surface area contributed by atoms with Gasteiger partial charge in [-0.2, -0.15) is 5.26 Å². The summed E-state index contributed by atoms with van der Waals surface area (Å²) in [4.78, 5) is 19.4. The molecule has 136 valence electrons. The fourth-order valence-electron chi connectivity index (χ4n) is 2.36. The Kier molecular flexibility index (Phi) is 5.21. The lowest BCUT2D eigenvalue weighted by molar-refractivity contribution is 0.0504. The molecule has 0 spiro atoms. The Morgan fingerprint density at radius 3 is 2.78 bits per heavy atom. The number of nitriles is 1. The molecular weight excluding hydrogens is 391 g/mol. The number of nitrogens with one attached hydrogen (secondary N) is 1. The summed E-state index contributed by atoms with van der Waals surface area (Å²) >= 11 is 11.7. The van der Waals surface area contributed by atoms with E-state index in [1.807, 2.05) is 12.1 Å². The maximum Gasteiger partial charge on any atom is 0.340 e. The number of nitrogen functional groups attached to an aromatic ring is 1. The highest BCUT2D eigenvalue weighted by molar-refractivity contribution is 6.37. The van der Waals surface area contributed by atoms with Crippen molar-refractivity contribution >= 4 is 51.5 Å². The number of nitrogens with zero attached hydrogens (tertiary/aromatic N) is 2. The number of carbonyl (C=O) groups is 1. The van der Waals surface area contributed by atoms with Crippen LogP contribution in [0.15, 0.2) is 42.2 Å². The van der Waals surface area contributed by atoms with Gasteiger partial charge in [-0.05, 0) is 24.3 Å². The lowest BCUT2D eigenvalue weighted by Crippen LogP contribution is -2.11. The van der Waals surface area contributed by atoms with Crippen molar-refractivity contribution in [2.24, 2.45) is 0 Å². The minimum atomic E-state index is -0.842. The Morgan fingerprint density at radius 2 is 2.07 bits per heavy atom. The molecule has 2 aromatic carbocycles. The lowest BCUT2D eigenvalue weighted by atomic mass is 10.2. The monoisotopic (exact) mass is 402 g/mol. The van der Waals surface area contributed by atoms with Crippen molar-refractivity contribution in [2.75, 3.05) is 12.3 Å². The van der Waals surface area contributed by atoms with Gasteiger partial charge in [0.1, 0.15) is 18.2 Å². The molecule has 0 aliphatic heterocycles. The number of H-pyrrole nitrogens is 1. The SMILES string of the molecule is N#C/C(=C(/O)COC(=O)c1cc(Cl)cc(Cl)c1N)c1nc2ccccc2[nH]1. The zero-order valence-corrected chi connectivity index (χ0v) is 15.2. The number of rotatable bonds is 4. The maximum absolute atomic E-state index is 12.2. The number of esters is 1. The van der Waals surface area contributed by atoms with Gasteiger partial charge in [0.15, 0.2) is 11.6 Å². The molecule has 7 nitrogen and oxygen atoms in total. The fraction of sp³-hybridized carbons (Fsp3) is 0.0556. The first-order valence-electron chi connectivity index (χ1n) is 7.59. The third-order valence-corrected chi connectivity index (χ3v) is 4.21. The van der Waals surface area contributed by atoms with Gasteiger partial charge in [-0.1, -0.05) is 35.3 Å². The second-order valence-electron chi connectivity index (χ2n) is 5.46. The molecule has 0 aliphatic rings. The number of hydrogen-bond acceptors (Lipinski definition) is 6. The number of hydrogen-bond donors (Lipinski definition) is 3. The molecule has 0 bridgehead atoms. The Balaban J connectivity index is 1.83. The molecule has 0 fully saturated rings. The largest absolute Gasteiger partial charge is 0.507 e. The van der Waals surface area contributed by atoms with Crippen LogP contribution in [0.1, 0.15) is 16.2 Å². The number of allylic oxidation sites excluding steroid dienone is 1. The number of aromatic amines is 1. The Bertz CT molecular complexity index is 1080. The van der Waals surface area contributed by atoms with Gasteiger partial charge in [0.25, 0.3) is 0 Å². The van der Waals surface area contributed by atoms with Crippen molar-refractivity contribution in [1.82, 2.24) is 9.97 Å². The van der Waals surface area contributed by atoms with Crippen LogP contribution >= 0.6 is 23.2 Å². The van der Waals surface area contributed by atoms with Crippen LogP contribution in [0.3, 0.4) is 0 Å². The number of halogens is 2. The van der Waals surface area contributed by atoms with Crippen molar-refractivity contribution in [3.05, 3.63) is 63.6 Å². The number of nitrogens with two attached hydrogens (primary N) is 1. The first-order chi connectivity index (χ1) is 12.9. The van der Waals surface area contributed by atoms with Gasteiger partial charge in [-0.3, -0.25) is 0 Å². The predicted molar refractivity (Wildman–Crippen MR) is 102 cm³/mol. The number of benzene rings is 2. The topological polar surface area (TPSA) is 125 Å². The quantitative estimate of drug-likeness (QED) is 0.261. The molecule has 4 N–H and O–H groups in total. The molecular formula is C18H12Cl2N4O3. The van der Waals surface area contributed by atoms with Crippen molar-refractivity contribution < 1.29 is 14.6 Å². The lowest BCUT2D eigenvalue weighted by Gasteiger charge is -2.09. The zero-order chi connectivity index (χ0) is 19.6. The number of ether oxygens (including phenoxy) is 1. The van der Waals surface area contributed by atoms with Crippen molar-refractivity contribution in [3.63, 3.8) is 0 Å². The summed E-state index contributed by atoms with van der Waals surface area (Å²) in [6.45, 7) is -0.553. The second kappa shape index (κ2) is 7.58. The Hall–Kier alpha value is -3.21. The van der Waals surface area contributed by atoms with Crippen molar-refractivity contribution in [1.29, 1.82) is 5.26 Å². The molecule has 9 heteroatoms. The van der Waals surface area contributed by atoms with Gasteiger partial charge in [0, 0.05) is 5.02 Å². The molecule has 3 aromatic rings. The van der Waals surface area contributed by atoms with E-state index in [1.54, 1.807) is 18.2 Å². The van der Waals surface area contributed by atoms with Crippen LogP contribution in [0, 0.1) is 11.3 Å². The number of aliphatic hydroxyl groups is 1. The Labute approximate surface area is 163 Å². The van der Waals surface area contributed by atoms with Crippen molar-refractivity contribution in [3.8, 4) is 6.07 Å². The van der Waals surface area contributed by atoms with Crippen LogP contribution in [0.4, 0.5) is 5.69 Å². The van der Waals surface area contributed by atoms with Crippen LogP contribution in [0.25, 0.3) is 16.6 Å². The molecule has 0 amide bonds. The summed E-state index contributed by atoms with van der Waals surface area (Å²) in [7, 11) is 0. The van der Waals surface area contributed by atoms with E-state index in [0.29, 0.717) is 11.0 Å². The van der Waals surface area contributed by atoms with Gasteiger partial charge in [-0.25, -0.2) is 9.78 Å². The van der Waals surface area contributed by atoms with Crippen LogP contribution < -0.4 is 5.73 Å². The molecule has 3 rings (SSSR count). The van der Waals surface area contributed by atoms with E-state index in [9.17, 15) is 15.2 Å². The molecule has 0 radical (unpaired) electrons. The Morgan fingerprint density at radius 1 is 1.33 bits per heavy atom. The molecule has 1 heterocycles. The van der Waals surface area contributed by atoms with Crippen LogP contribution in [0.2, 0.25) is 10.0 Å². The minimum absolute atomic E-state index is 0.00678. The fourth-order valence-corrected chi connectivity index (χ4v) is 2.86. The summed E-state index contributed by atoms with van der Waals surface area (Å²) in [6.07, 6.45) is 0. The number of fused-ring (bicyclic) bond motifs is 1. The highest BCUT2D eigenvalue weighted by Crippen LogP contribution is 2.28. The van der Waals surface area contributed by atoms with Gasteiger partial charge in [0.05, 0.1) is 27.3 Å². The minimum Gasteiger partial charge on any atom is -0.507 e. The van der Waals surface area contributed by atoms with Crippen LogP contribution in [-0.4, -0.2) is 27.7 Å². The van der Waals surface area contributed by atoms with Gasteiger partial charge >= 0.3 is 5.97 Å². The average molecular weight is 403 g/mol. The summed E-state index contributed by atoms with van der Waals surface area (Å²) < 4.78 is 5.02. The summed E-state index contributed by atoms with van der Waals surface area (Å²) in [6, 6.07) is 11.7. The maximum atomic E-state index is 12.2. The number of carbonyl (C=O) groups excluding carboxylic acids is 1. The van der Waals surface area contributed by atoms with E-state index in [2.05, 4.69) is 9.97 Å². The van der Waals surface area contributed by atoms with E-state index >= 15 is 0 Å². The summed E-state index contributed by atoms with van der Waals surface area (Å²) in [5, 5.41) is 19.9. The van der Waals surface area contributed by atoms with Crippen molar-refractivity contribution in [2.45, 2.75) is 0 Å². The number of imidazole rings is 1. The van der Waals surface area contributed by atoms with E-state index in [-0.39, 0.29) is 32.7 Å². The number of para-hydroxylation sites is 2. The normalized spacial score (nSPS) is 11.7. The molecule has 0 saturated heterocycles. The number of aromatic nitrogens is 2. The summed E-state index contributed by atoms with van der Waals surface area (Å²) in [5.41, 5.74) is 6.90. The number of aliphatic hydroxyl groups excluding tert-OH is 1. The first kappa shape index (κ1) is 18.6. The molecule has 27 heavy (non-hydrogen) atoms. The first-order valence-corrected chi connectivity index (χ1v) is 8.35. The van der Waals surface area contributed by atoms with Crippen LogP contribution in [-0.2, 0) is 4.74 Å². The molecule has 0 saturated carbocycles. The summed E-state index contributed by atoms with van der Waals surface area (Å²) in [5.74, 6) is -1.14. The van der Waals surface area contributed by atoms with E-state index in [1.165, 1.54) is 12.1 Å². The molecule has 0 unspecified atom stereocenters.